The fraction of sp³-hybridized carbons (Fsp3) is 0.810. The number of hydrogen-bond acceptors (Lipinski definition) is 6. The number of methoxy groups -OCH3 is 1. The standard InChI is InChI=1S/C21H35N3O6/c1-21(2,3)11-15(24-20(28)17-6-5-9-30-17)19(27)23-14(16(25)12-29-4)10-13-7-8-22-18(13)26/h13-15,17H,5-12H2,1-4H3,(H,22,26)(H,23,27)(H,24,28). The third kappa shape index (κ3) is 7.36. The molecule has 2 heterocycles. The number of nitrogens with one attached hydrogen (secondary N) is 3. The molecule has 2 saturated heterocycles. The molecular formula is C21H35N3O6. The monoisotopic (exact) mass is 425 g/mol. The van der Waals surface area contributed by atoms with Crippen molar-refractivity contribution in [2.24, 2.45) is 11.3 Å². The van der Waals surface area contributed by atoms with Gasteiger partial charge in [0.1, 0.15) is 18.8 Å². The largest absolute Gasteiger partial charge is 0.377 e. The predicted octanol–water partition coefficient (Wildman–Crippen LogP) is 0.313. The molecule has 9 heteroatoms. The molecule has 3 N–H and O–H groups in total. The van der Waals surface area contributed by atoms with Crippen molar-refractivity contribution >= 4 is 23.5 Å². The van der Waals surface area contributed by atoms with Crippen LogP contribution >= 0.6 is 0 Å². The van der Waals surface area contributed by atoms with Crippen LogP contribution in [-0.4, -0.2) is 68.6 Å². The van der Waals surface area contributed by atoms with E-state index in [1.54, 1.807) is 0 Å². The Bertz CT molecular complexity index is 639. The average molecular weight is 426 g/mol. The Morgan fingerprint density at radius 3 is 2.47 bits per heavy atom. The van der Waals surface area contributed by atoms with Gasteiger partial charge in [-0.1, -0.05) is 20.8 Å². The normalized spacial score (nSPS) is 23.5. The lowest BCUT2D eigenvalue weighted by Crippen LogP contribution is -2.55. The lowest BCUT2D eigenvalue weighted by atomic mass is 9.87. The van der Waals surface area contributed by atoms with Crippen LogP contribution in [0.2, 0.25) is 0 Å². The summed E-state index contributed by atoms with van der Waals surface area (Å²) in [4.78, 5) is 50.1. The molecule has 0 aromatic rings. The molecular weight excluding hydrogens is 390 g/mol. The van der Waals surface area contributed by atoms with E-state index in [9.17, 15) is 19.2 Å². The van der Waals surface area contributed by atoms with Crippen molar-refractivity contribution in [3.05, 3.63) is 0 Å². The van der Waals surface area contributed by atoms with Crippen LogP contribution in [-0.2, 0) is 28.7 Å². The van der Waals surface area contributed by atoms with Crippen LogP contribution in [0.25, 0.3) is 0 Å². The molecule has 30 heavy (non-hydrogen) atoms. The Morgan fingerprint density at radius 2 is 1.93 bits per heavy atom. The molecule has 9 nitrogen and oxygen atoms in total. The zero-order valence-electron chi connectivity index (χ0n) is 18.4. The molecule has 0 aromatic heterocycles. The maximum Gasteiger partial charge on any atom is 0.249 e. The Morgan fingerprint density at radius 1 is 1.20 bits per heavy atom. The molecule has 0 saturated carbocycles. The highest BCUT2D eigenvalue weighted by Gasteiger charge is 2.35. The van der Waals surface area contributed by atoms with E-state index in [0.717, 1.165) is 6.42 Å². The van der Waals surface area contributed by atoms with Gasteiger partial charge in [-0.15, -0.1) is 0 Å². The van der Waals surface area contributed by atoms with E-state index in [2.05, 4.69) is 16.0 Å². The van der Waals surface area contributed by atoms with Crippen LogP contribution in [0.5, 0.6) is 0 Å². The first-order valence-electron chi connectivity index (χ1n) is 10.6. The Kier molecular flexibility index (Phi) is 8.78. The Hall–Kier alpha value is -2.00. The van der Waals surface area contributed by atoms with E-state index in [1.807, 2.05) is 20.8 Å². The Labute approximate surface area is 178 Å². The summed E-state index contributed by atoms with van der Waals surface area (Å²) in [5, 5.41) is 8.31. The SMILES string of the molecule is COCC(=O)C(CC1CCNC1=O)NC(=O)C(CC(C)(C)C)NC(=O)C1CCCO1. The van der Waals surface area contributed by atoms with Gasteiger partial charge in [-0.2, -0.15) is 0 Å². The number of ether oxygens (including phenoxy) is 2. The molecule has 0 radical (unpaired) electrons. The van der Waals surface area contributed by atoms with Crippen LogP contribution in [0.1, 0.15) is 52.9 Å². The summed E-state index contributed by atoms with van der Waals surface area (Å²) >= 11 is 0. The van der Waals surface area contributed by atoms with Gasteiger partial charge < -0.3 is 25.4 Å². The van der Waals surface area contributed by atoms with E-state index < -0.39 is 24.1 Å². The van der Waals surface area contributed by atoms with Crippen molar-refractivity contribution in [2.45, 2.75) is 71.1 Å². The number of carbonyl (C=O) groups is 4. The minimum Gasteiger partial charge on any atom is -0.377 e. The summed E-state index contributed by atoms with van der Waals surface area (Å²) in [5.41, 5.74) is -0.233. The van der Waals surface area contributed by atoms with Crippen molar-refractivity contribution in [3.63, 3.8) is 0 Å². The molecule has 0 spiro atoms. The number of ketones is 1. The molecule has 4 atom stereocenters. The van der Waals surface area contributed by atoms with Crippen molar-refractivity contribution < 1.29 is 28.7 Å². The number of Topliss-reactive ketones (excluding diaryl/α,β-unsaturated/α-hetero) is 1. The second-order valence-corrected chi connectivity index (χ2v) is 9.30. The molecule has 2 rings (SSSR count). The predicted molar refractivity (Wildman–Crippen MR) is 110 cm³/mol. The van der Waals surface area contributed by atoms with Crippen molar-refractivity contribution in [1.82, 2.24) is 16.0 Å². The van der Waals surface area contributed by atoms with Crippen LogP contribution in [0.3, 0.4) is 0 Å². The molecule has 0 aliphatic carbocycles. The topological polar surface area (TPSA) is 123 Å². The summed E-state index contributed by atoms with van der Waals surface area (Å²) in [5.74, 6) is -1.50. The van der Waals surface area contributed by atoms with Gasteiger partial charge in [0.2, 0.25) is 17.7 Å². The summed E-state index contributed by atoms with van der Waals surface area (Å²) in [6.45, 7) is 6.86. The minimum atomic E-state index is -0.853. The summed E-state index contributed by atoms with van der Waals surface area (Å²) in [6.07, 6.45) is 2.11. The van der Waals surface area contributed by atoms with Crippen LogP contribution in [0.4, 0.5) is 0 Å². The highest BCUT2D eigenvalue weighted by molar-refractivity contribution is 5.94. The molecule has 0 aromatic carbocycles. The fourth-order valence-corrected chi connectivity index (χ4v) is 3.81. The lowest BCUT2D eigenvalue weighted by Gasteiger charge is -2.29. The summed E-state index contributed by atoms with van der Waals surface area (Å²) < 4.78 is 10.4. The van der Waals surface area contributed by atoms with Crippen molar-refractivity contribution in [1.29, 1.82) is 0 Å². The van der Waals surface area contributed by atoms with E-state index >= 15 is 0 Å². The van der Waals surface area contributed by atoms with Crippen LogP contribution in [0.15, 0.2) is 0 Å². The van der Waals surface area contributed by atoms with Crippen LogP contribution < -0.4 is 16.0 Å². The van der Waals surface area contributed by atoms with Crippen LogP contribution in [0, 0.1) is 11.3 Å². The van der Waals surface area contributed by atoms with Gasteiger partial charge in [0.05, 0.1) is 6.04 Å². The van der Waals surface area contributed by atoms with Gasteiger partial charge in [0, 0.05) is 26.2 Å². The van der Waals surface area contributed by atoms with Gasteiger partial charge in [-0.25, -0.2) is 0 Å². The Balaban J connectivity index is 2.09. The third-order valence-corrected chi connectivity index (χ3v) is 5.35. The van der Waals surface area contributed by atoms with Gasteiger partial charge in [-0.05, 0) is 37.5 Å². The number of carbonyl (C=O) groups excluding carboxylic acids is 4. The smallest absolute Gasteiger partial charge is 0.249 e. The van der Waals surface area contributed by atoms with Gasteiger partial charge in [0.25, 0.3) is 0 Å². The fourth-order valence-electron chi connectivity index (χ4n) is 3.81. The first-order chi connectivity index (χ1) is 14.1. The summed E-state index contributed by atoms with van der Waals surface area (Å²) in [7, 11) is 1.41. The highest BCUT2D eigenvalue weighted by atomic mass is 16.5. The third-order valence-electron chi connectivity index (χ3n) is 5.35. The zero-order chi connectivity index (χ0) is 22.3. The molecule has 4 unspecified atom stereocenters. The summed E-state index contributed by atoms with van der Waals surface area (Å²) in [6, 6.07) is -1.66. The number of hydrogen-bond donors (Lipinski definition) is 3. The van der Waals surface area contributed by atoms with Crippen molar-refractivity contribution in [3.8, 4) is 0 Å². The van der Waals surface area contributed by atoms with E-state index in [4.69, 9.17) is 9.47 Å². The lowest BCUT2D eigenvalue weighted by molar-refractivity contribution is -0.136. The maximum atomic E-state index is 13.1. The van der Waals surface area contributed by atoms with E-state index in [0.29, 0.717) is 32.4 Å². The molecule has 170 valence electrons. The van der Waals surface area contributed by atoms with Gasteiger partial charge >= 0.3 is 0 Å². The van der Waals surface area contributed by atoms with Crippen molar-refractivity contribution in [2.75, 3.05) is 26.9 Å². The average Bonchev–Trinajstić information content (AvgIpc) is 3.32. The first kappa shape index (κ1) is 24.3. The quantitative estimate of drug-likeness (QED) is 0.463. The number of amides is 3. The van der Waals surface area contributed by atoms with E-state index in [1.165, 1.54) is 7.11 Å². The minimum absolute atomic E-state index is 0.114. The first-order valence-corrected chi connectivity index (χ1v) is 10.6. The van der Waals surface area contributed by atoms with Gasteiger partial charge in [0.15, 0.2) is 5.78 Å². The number of rotatable bonds is 10. The highest BCUT2D eigenvalue weighted by Crippen LogP contribution is 2.22. The maximum absolute atomic E-state index is 13.1. The van der Waals surface area contributed by atoms with E-state index in [-0.39, 0.29) is 42.0 Å². The molecule has 3 amide bonds. The second-order valence-electron chi connectivity index (χ2n) is 9.30. The molecule has 0 bridgehead atoms. The second kappa shape index (κ2) is 10.9. The zero-order valence-corrected chi connectivity index (χ0v) is 18.4. The molecule has 2 aliphatic rings. The molecule has 2 aliphatic heterocycles. The van der Waals surface area contributed by atoms with Gasteiger partial charge in [-0.3, -0.25) is 19.2 Å². The molecule has 2 fully saturated rings.